The van der Waals surface area contributed by atoms with Crippen LogP contribution in [0.5, 0.6) is 0 Å². The van der Waals surface area contributed by atoms with Gasteiger partial charge < -0.3 is 19.2 Å². The molecule has 6 heteroatoms. The molecule has 146 valence electrons. The van der Waals surface area contributed by atoms with E-state index in [1.54, 1.807) is 6.07 Å². The van der Waals surface area contributed by atoms with E-state index in [0.717, 1.165) is 27.8 Å². The number of esters is 1. The van der Waals surface area contributed by atoms with Gasteiger partial charge in [-0.05, 0) is 38.0 Å². The van der Waals surface area contributed by atoms with Gasteiger partial charge in [0.1, 0.15) is 5.58 Å². The number of hydrogen-bond acceptors (Lipinski definition) is 5. The third-order valence-electron chi connectivity index (χ3n) is 4.45. The number of furan rings is 1. The second-order valence-corrected chi connectivity index (χ2v) is 6.74. The summed E-state index contributed by atoms with van der Waals surface area (Å²) < 4.78 is 16.0. The van der Waals surface area contributed by atoms with Gasteiger partial charge in [-0.15, -0.1) is 0 Å². The van der Waals surface area contributed by atoms with Crippen molar-refractivity contribution in [1.82, 2.24) is 0 Å². The second-order valence-electron chi connectivity index (χ2n) is 6.74. The molecule has 6 nitrogen and oxygen atoms in total. The molecule has 1 N–H and O–H groups in total. The first-order chi connectivity index (χ1) is 13.4. The third kappa shape index (κ3) is 4.07. The highest BCUT2D eigenvalue weighted by Crippen LogP contribution is 2.27. The summed E-state index contributed by atoms with van der Waals surface area (Å²) in [6.07, 6.45) is 0. The highest BCUT2D eigenvalue weighted by molar-refractivity contribution is 5.98. The lowest BCUT2D eigenvalue weighted by Crippen LogP contribution is -2.22. The van der Waals surface area contributed by atoms with Crippen molar-refractivity contribution in [2.75, 3.05) is 19.0 Å². The maximum atomic E-state index is 12.5. The summed E-state index contributed by atoms with van der Waals surface area (Å²) in [5, 5.41) is 3.59. The number of hydrogen-bond donors (Lipinski definition) is 1. The van der Waals surface area contributed by atoms with Crippen LogP contribution in [0.4, 0.5) is 5.69 Å². The lowest BCUT2D eigenvalue weighted by Gasteiger charge is -2.13. The topological polar surface area (TPSA) is 77.8 Å². The Morgan fingerprint density at radius 3 is 2.43 bits per heavy atom. The van der Waals surface area contributed by atoms with Crippen LogP contribution < -0.4 is 5.32 Å². The quantitative estimate of drug-likeness (QED) is 0.644. The number of carbonyl (C=O) groups excluding carboxylic acids is 2. The van der Waals surface area contributed by atoms with Crippen molar-refractivity contribution in [1.29, 1.82) is 0 Å². The lowest BCUT2D eigenvalue weighted by molar-refractivity contribution is -0.119. The Balaban J connectivity index is 1.71. The van der Waals surface area contributed by atoms with Crippen molar-refractivity contribution < 1.29 is 23.5 Å². The number of anilines is 1. The molecule has 0 radical (unpaired) electrons. The van der Waals surface area contributed by atoms with Gasteiger partial charge in [0.25, 0.3) is 5.91 Å². The van der Waals surface area contributed by atoms with E-state index < -0.39 is 18.5 Å². The van der Waals surface area contributed by atoms with Crippen LogP contribution in [-0.4, -0.2) is 25.6 Å². The molecule has 0 aliphatic heterocycles. The van der Waals surface area contributed by atoms with Gasteiger partial charge in [0.15, 0.2) is 6.61 Å². The van der Waals surface area contributed by atoms with Gasteiger partial charge in [-0.2, -0.15) is 0 Å². The Labute approximate surface area is 163 Å². The van der Waals surface area contributed by atoms with Crippen LogP contribution in [0.25, 0.3) is 11.0 Å². The first-order valence-corrected chi connectivity index (χ1v) is 8.95. The fourth-order valence-electron chi connectivity index (χ4n) is 3.30. The van der Waals surface area contributed by atoms with Gasteiger partial charge in [0.2, 0.25) is 5.76 Å². The molecule has 0 unspecified atom stereocenters. The summed E-state index contributed by atoms with van der Waals surface area (Å²) >= 11 is 0. The average Bonchev–Trinajstić information content (AvgIpc) is 3.02. The summed E-state index contributed by atoms with van der Waals surface area (Å²) in [6.45, 7) is 5.64. The Morgan fingerprint density at radius 1 is 1.07 bits per heavy atom. The molecule has 1 heterocycles. The number of methoxy groups -OCH3 is 1. The molecule has 0 aliphatic rings. The summed E-state index contributed by atoms with van der Waals surface area (Å²) in [7, 11) is 1.54. The zero-order valence-corrected chi connectivity index (χ0v) is 16.4. The number of carbonyl (C=O) groups is 2. The van der Waals surface area contributed by atoms with E-state index in [0.29, 0.717) is 11.1 Å². The predicted octanol–water partition coefficient (Wildman–Crippen LogP) is 4.30. The van der Waals surface area contributed by atoms with E-state index in [1.807, 2.05) is 51.1 Å². The first-order valence-electron chi connectivity index (χ1n) is 8.95. The molecular formula is C22H23NO5. The minimum atomic E-state index is -0.698. The van der Waals surface area contributed by atoms with E-state index in [1.165, 1.54) is 7.11 Å². The summed E-state index contributed by atoms with van der Waals surface area (Å²) in [5.41, 5.74) is 4.93. The maximum absolute atomic E-state index is 12.5. The molecule has 2 aromatic carbocycles. The summed E-state index contributed by atoms with van der Waals surface area (Å²) in [6, 6.07) is 11.3. The predicted molar refractivity (Wildman–Crippen MR) is 106 cm³/mol. The smallest absolute Gasteiger partial charge is 0.375 e. The Kier molecular flexibility index (Phi) is 5.80. The minimum absolute atomic E-state index is 0.0542. The molecule has 0 aliphatic carbocycles. The van der Waals surface area contributed by atoms with Gasteiger partial charge in [0, 0.05) is 23.7 Å². The molecule has 1 aromatic heterocycles. The van der Waals surface area contributed by atoms with Crippen LogP contribution >= 0.6 is 0 Å². The molecule has 0 atom stereocenters. The largest absolute Gasteiger partial charge is 0.450 e. The fourth-order valence-corrected chi connectivity index (χ4v) is 3.30. The van der Waals surface area contributed by atoms with E-state index >= 15 is 0 Å². The number of aryl methyl sites for hydroxylation is 3. The van der Waals surface area contributed by atoms with E-state index in [4.69, 9.17) is 13.9 Å². The molecular weight excluding hydrogens is 358 g/mol. The Morgan fingerprint density at radius 2 is 1.75 bits per heavy atom. The van der Waals surface area contributed by atoms with E-state index in [9.17, 15) is 9.59 Å². The van der Waals surface area contributed by atoms with Crippen molar-refractivity contribution in [2.45, 2.75) is 27.4 Å². The van der Waals surface area contributed by atoms with Crippen molar-refractivity contribution in [3.8, 4) is 0 Å². The lowest BCUT2D eigenvalue weighted by atomic mass is 10.1. The molecule has 1 amide bonds. The summed E-state index contributed by atoms with van der Waals surface area (Å²) in [4.78, 5) is 24.8. The van der Waals surface area contributed by atoms with Crippen molar-refractivity contribution in [2.24, 2.45) is 0 Å². The molecule has 3 rings (SSSR count). The van der Waals surface area contributed by atoms with E-state index in [-0.39, 0.29) is 12.4 Å². The fraction of sp³-hybridized carbons (Fsp3) is 0.273. The number of fused-ring (bicyclic) bond motifs is 1. The molecule has 3 aromatic rings. The molecule has 0 saturated heterocycles. The standard InChI is InChI=1S/C22H23NO5/c1-13-9-14(2)20(15(3)10-13)23-19(24)12-27-22(25)21-17(11-26-4)16-7-5-6-8-18(16)28-21/h5-10H,11-12H2,1-4H3,(H,23,24). The zero-order chi connectivity index (χ0) is 20.3. The number of rotatable bonds is 6. The van der Waals surface area contributed by atoms with Gasteiger partial charge >= 0.3 is 5.97 Å². The summed E-state index contributed by atoms with van der Waals surface area (Å²) in [5.74, 6) is -1.05. The molecule has 0 fully saturated rings. The average molecular weight is 381 g/mol. The number of benzene rings is 2. The Hall–Kier alpha value is -3.12. The SMILES string of the molecule is COCc1c(C(=O)OCC(=O)Nc2c(C)cc(C)cc2C)oc2ccccc12. The number of amides is 1. The third-order valence-corrected chi connectivity index (χ3v) is 4.45. The molecule has 0 bridgehead atoms. The highest BCUT2D eigenvalue weighted by Gasteiger charge is 2.22. The number of para-hydroxylation sites is 1. The molecule has 0 spiro atoms. The maximum Gasteiger partial charge on any atom is 0.375 e. The van der Waals surface area contributed by atoms with Crippen molar-refractivity contribution in [3.63, 3.8) is 0 Å². The van der Waals surface area contributed by atoms with Crippen molar-refractivity contribution >= 4 is 28.5 Å². The number of nitrogens with one attached hydrogen (secondary N) is 1. The second kappa shape index (κ2) is 8.27. The minimum Gasteiger partial charge on any atom is -0.450 e. The van der Waals surface area contributed by atoms with Gasteiger partial charge in [0.05, 0.1) is 6.61 Å². The van der Waals surface area contributed by atoms with Gasteiger partial charge in [-0.3, -0.25) is 4.79 Å². The van der Waals surface area contributed by atoms with Crippen LogP contribution in [-0.2, 0) is 20.9 Å². The van der Waals surface area contributed by atoms with Gasteiger partial charge in [-0.1, -0.05) is 35.9 Å². The van der Waals surface area contributed by atoms with Crippen molar-refractivity contribution in [3.05, 3.63) is 64.4 Å². The highest BCUT2D eigenvalue weighted by atomic mass is 16.5. The Bertz CT molecular complexity index is 1010. The molecule has 28 heavy (non-hydrogen) atoms. The van der Waals surface area contributed by atoms with Crippen LogP contribution in [0.15, 0.2) is 40.8 Å². The van der Waals surface area contributed by atoms with Crippen LogP contribution in [0.2, 0.25) is 0 Å². The van der Waals surface area contributed by atoms with Gasteiger partial charge in [-0.25, -0.2) is 4.79 Å². The van der Waals surface area contributed by atoms with Crippen LogP contribution in [0, 0.1) is 20.8 Å². The normalized spacial score (nSPS) is 10.9. The number of ether oxygens (including phenoxy) is 2. The zero-order valence-electron chi connectivity index (χ0n) is 16.4. The van der Waals surface area contributed by atoms with Crippen LogP contribution in [0.3, 0.4) is 0 Å². The monoisotopic (exact) mass is 381 g/mol. The first kappa shape index (κ1) is 19.6. The van der Waals surface area contributed by atoms with Crippen LogP contribution in [0.1, 0.15) is 32.8 Å². The van der Waals surface area contributed by atoms with E-state index in [2.05, 4.69) is 5.32 Å². The molecule has 0 saturated carbocycles.